The summed E-state index contributed by atoms with van der Waals surface area (Å²) < 4.78 is 18.7. The number of ether oxygens (including phenoxy) is 3. The van der Waals surface area contributed by atoms with Crippen LogP contribution in [0.4, 0.5) is 0 Å². The predicted molar refractivity (Wildman–Crippen MR) is 170 cm³/mol. The fourth-order valence-corrected chi connectivity index (χ4v) is 9.82. The van der Waals surface area contributed by atoms with Crippen LogP contribution in [0.15, 0.2) is 66.7 Å². The van der Waals surface area contributed by atoms with Crippen LogP contribution in [0.25, 0.3) is 0 Å². The Kier molecular flexibility index (Phi) is 6.35. The molecule has 238 valence electrons. The monoisotopic (exact) mass is 620 g/mol. The number of benzene rings is 3. The molecule has 2 bridgehead atoms. The number of amides is 1. The molecule has 2 unspecified atom stereocenters. The second-order valence-electron chi connectivity index (χ2n) is 14.2. The minimum Gasteiger partial charge on any atom is -0.485 e. The average molecular weight is 621 g/mol. The Morgan fingerprint density at radius 3 is 2.63 bits per heavy atom. The van der Waals surface area contributed by atoms with Crippen molar-refractivity contribution < 1.29 is 28.9 Å². The van der Waals surface area contributed by atoms with Gasteiger partial charge in [0.15, 0.2) is 11.5 Å². The molecule has 3 aliphatic heterocycles. The number of carbonyl (C=O) groups excluding carboxylic acids is 2. The lowest BCUT2D eigenvalue weighted by Gasteiger charge is -2.65. The molecule has 1 spiro atoms. The first-order chi connectivity index (χ1) is 22.4. The molecule has 1 saturated heterocycles. The molecule has 3 aromatic rings. The summed E-state index contributed by atoms with van der Waals surface area (Å²) in [4.78, 5) is 31.5. The van der Waals surface area contributed by atoms with Gasteiger partial charge in [-0.1, -0.05) is 54.6 Å². The van der Waals surface area contributed by atoms with Crippen molar-refractivity contribution in [2.75, 3.05) is 20.2 Å². The zero-order valence-electron chi connectivity index (χ0n) is 26.2. The molecule has 3 aromatic carbocycles. The highest BCUT2D eigenvalue weighted by Gasteiger charge is 2.74. The standard InChI is InChI=1S/C38H40N2O6/c1-44-32(41)20-29-26-9-5-6-10-27(26)36(42)40(29)28-15-16-38(43)31-19-25-13-14-30(45-22-24-7-3-2-4-8-24)34-33(25)37(38,35(28)46-34)17-18-39(31)21-23-11-12-23/h2-10,13-14,23,28-29,31,35,43H,11-12,15-22H2,1H3/t28-,29?,31-,35+,37+,38?/m1/s1. The molecular formula is C38H40N2O6. The lowest BCUT2D eigenvalue weighted by atomic mass is 9.48. The summed E-state index contributed by atoms with van der Waals surface area (Å²) in [5.74, 6) is 1.66. The van der Waals surface area contributed by atoms with Crippen molar-refractivity contribution in [1.82, 2.24) is 9.80 Å². The van der Waals surface area contributed by atoms with Gasteiger partial charge in [0.25, 0.3) is 5.91 Å². The van der Waals surface area contributed by atoms with Crippen LogP contribution in [0.3, 0.4) is 0 Å². The van der Waals surface area contributed by atoms with Crippen molar-refractivity contribution in [2.24, 2.45) is 5.92 Å². The van der Waals surface area contributed by atoms with E-state index in [9.17, 15) is 14.7 Å². The van der Waals surface area contributed by atoms with E-state index in [0.717, 1.165) is 48.5 Å². The minimum absolute atomic E-state index is 0.0132. The molecule has 0 aromatic heterocycles. The Morgan fingerprint density at radius 1 is 1.02 bits per heavy atom. The normalized spacial score (nSPS) is 32.0. The Labute approximate surface area is 269 Å². The zero-order valence-corrected chi connectivity index (χ0v) is 26.2. The van der Waals surface area contributed by atoms with Crippen molar-refractivity contribution in [3.63, 3.8) is 0 Å². The number of esters is 1. The number of likely N-dealkylation sites (tertiary alicyclic amines) is 1. The summed E-state index contributed by atoms with van der Waals surface area (Å²) in [7, 11) is 1.39. The smallest absolute Gasteiger partial charge is 0.307 e. The van der Waals surface area contributed by atoms with E-state index in [1.165, 1.54) is 25.5 Å². The van der Waals surface area contributed by atoms with Crippen LogP contribution in [0.1, 0.15) is 77.2 Å². The minimum atomic E-state index is -1.01. The number of hydrogen-bond acceptors (Lipinski definition) is 7. The molecule has 2 saturated carbocycles. The summed E-state index contributed by atoms with van der Waals surface area (Å²) in [5.41, 5.74) is 3.12. The Hall–Kier alpha value is -3.88. The number of carbonyl (C=O) groups is 2. The predicted octanol–water partition coefficient (Wildman–Crippen LogP) is 4.96. The molecule has 3 heterocycles. The van der Waals surface area contributed by atoms with Gasteiger partial charge in [0.2, 0.25) is 0 Å². The molecule has 3 aliphatic carbocycles. The van der Waals surface area contributed by atoms with Gasteiger partial charge in [-0.25, -0.2) is 0 Å². The number of piperidine rings is 1. The maximum atomic E-state index is 14.3. The van der Waals surface area contributed by atoms with E-state index in [4.69, 9.17) is 14.2 Å². The maximum Gasteiger partial charge on any atom is 0.307 e. The van der Waals surface area contributed by atoms with E-state index in [-0.39, 0.29) is 30.4 Å². The summed E-state index contributed by atoms with van der Waals surface area (Å²) in [6, 6.07) is 21.1. The quantitative estimate of drug-likeness (QED) is 0.357. The number of fused-ring (bicyclic) bond motifs is 1. The number of rotatable bonds is 8. The summed E-state index contributed by atoms with van der Waals surface area (Å²) >= 11 is 0. The van der Waals surface area contributed by atoms with Gasteiger partial charge in [0, 0.05) is 23.7 Å². The summed E-state index contributed by atoms with van der Waals surface area (Å²) in [5, 5.41) is 13.1. The van der Waals surface area contributed by atoms with Gasteiger partial charge < -0.3 is 24.2 Å². The first-order valence-electron chi connectivity index (χ1n) is 16.9. The summed E-state index contributed by atoms with van der Waals surface area (Å²) in [6.07, 6.45) is 4.77. The van der Waals surface area contributed by atoms with Crippen LogP contribution < -0.4 is 9.47 Å². The molecule has 3 fully saturated rings. The van der Waals surface area contributed by atoms with Crippen LogP contribution >= 0.6 is 0 Å². The third kappa shape index (κ3) is 3.92. The van der Waals surface area contributed by atoms with Gasteiger partial charge in [-0.3, -0.25) is 14.5 Å². The SMILES string of the molecule is COC(=O)CC1c2ccccc2C(=O)N1[C@@H]1CCC2(O)[C@H]3Cc4ccc(OCc5ccccc5)c5c4[C@@]2(CCN3CC2CC2)[C@H]1O5. The van der Waals surface area contributed by atoms with E-state index in [2.05, 4.69) is 11.0 Å². The third-order valence-corrected chi connectivity index (χ3v) is 12.0. The highest BCUT2D eigenvalue weighted by Crippen LogP contribution is 2.66. The molecular weight excluding hydrogens is 580 g/mol. The highest BCUT2D eigenvalue weighted by molar-refractivity contribution is 6.00. The molecule has 46 heavy (non-hydrogen) atoms. The molecule has 6 atom stereocenters. The van der Waals surface area contributed by atoms with Crippen LogP contribution in [-0.2, 0) is 28.0 Å². The number of aliphatic hydroxyl groups is 1. The Bertz CT molecular complexity index is 1720. The van der Waals surface area contributed by atoms with Crippen molar-refractivity contribution >= 4 is 11.9 Å². The zero-order chi connectivity index (χ0) is 31.2. The van der Waals surface area contributed by atoms with Crippen molar-refractivity contribution in [3.8, 4) is 11.5 Å². The van der Waals surface area contributed by atoms with Gasteiger partial charge in [0.1, 0.15) is 12.7 Å². The summed E-state index contributed by atoms with van der Waals surface area (Å²) in [6.45, 7) is 2.31. The lowest BCUT2D eigenvalue weighted by molar-refractivity contribution is -0.200. The maximum absolute atomic E-state index is 14.3. The van der Waals surface area contributed by atoms with Crippen molar-refractivity contribution in [1.29, 1.82) is 0 Å². The Balaban J connectivity index is 1.16. The topological polar surface area (TPSA) is 88.5 Å². The van der Waals surface area contributed by atoms with Crippen molar-refractivity contribution in [2.45, 2.75) is 86.8 Å². The number of methoxy groups -OCH3 is 1. The largest absolute Gasteiger partial charge is 0.485 e. The lowest BCUT2D eigenvalue weighted by Crippen LogP contribution is -2.78. The van der Waals surface area contributed by atoms with Crippen LogP contribution in [-0.4, -0.2) is 70.8 Å². The number of nitrogens with zero attached hydrogens (tertiary/aromatic N) is 2. The molecule has 8 heteroatoms. The van der Waals surface area contributed by atoms with E-state index < -0.39 is 23.2 Å². The first kappa shape index (κ1) is 28.4. The average Bonchev–Trinajstić information content (AvgIpc) is 3.76. The van der Waals surface area contributed by atoms with Gasteiger partial charge in [-0.15, -0.1) is 0 Å². The number of hydrogen-bond donors (Lipinski definition) is 1. The fraction of sp³-hybridized carbons (Fsp3) is 0.474. The first-order valence-corrected chi connectivity index (χ1v) is 16.9. The van der Waals surface area contributed by atoms with E-state index >= 15 is 0 Å². The molecule has 9 rings (SSSR count). The molecule has 6 aliphatic rings. The van der Waals surface area contributed by atoms with Crippen LogP contribution in [0.5, 0.6) is 11.5 Å². The van der Waals surface area contributed by atoms with Gasteiger partial charge in [0.05, 0.1) is 36.6 Å². The third-order valence-electron chi connectivity index (χ3n) is 12.0. The van der Waals surface area contributed by atoms with Gasteiger partial charge in [-0.2, -0.15) is 0 Å². The van der Waals surface area contributed by atoms with E-state index in [1.54, 1.807) is 0 Å². The van der Waals surface area contributed by atoms with E-state index in [1.807, 2.05) is 65.6 Å². The molecule has 1 N–H and O–H groups in total. The Morgan fingerprint density at radius 2 is 1.83 bits per heavy atom. The fourth-order valence-electron chi connectivity index (χ4n) is 9.82. The van der Waals surface area contributed by atoms with E-state index in [0.29, 0.717) is 36.5 Å². The van der Waals surface area contributed by atoms with Crippen molar-refractivity contribution in [3.05, 3.63) is 94.5 Å². The van der Waals surface area contributed by atoms with Crippen LogP contribution in [0.2, 0.25) is 0 Å². The highest BCUT2D eigenvalue weighted by atomic mass is 16.5. The van der Waals surface area contributed by atoms with Crippen LogP contribution in [0, 0.1) is 5.92 Å². The van der Waals surface area contributed by atoms with Gasteiger partial charge >= 0.3 is 5.97 Å². The molecule has 1 amide bonds. The second-order valence-corrected chi connectivity index (χ2v) is 14.2. The molecule has 8 nitrogen and oxygen atoms in total. The van der Waals surface area contributed by atoms with Gasteiger partial charge in [-0.05, 0) is 79.8 Å². The molecule has 0 radical (unpaired) electrons. The second kappa shape index (κ2) is 10.3.